The predicted molar refractivity (Wildman–Crippen MR) is 127 cm³/mol. The molecule has 2 heterocycles. The van der Waals surface area contributed by atoms with Gasteiger partial charge >= 0.3 is 11.9 Å². The van der Waals surface area contributed by atoms with Crippen LogP contribution in [0, 0.1) is 5.92 Å². The highest BCUT2D eigenvalue weighted by molar-refractivity contribution is 7.91. The number of aromatic nitrogens is 1. The molecule has 3 aromatic rings. The summed E-state index contributed by atoms with van der Waals surface area (Å²) in [5.41, 5.74) is -1.39. The molecule has 7 nitrogen and oxygen atoms in total. The Morgan fingerprint density at radius 3 is 2.37 bits per heavy atom. The number of thiophene rings is 1. The third-order valence-electron chi connectivity index (χ3n) is 5.84. The number of carbonyl (C=O) groups is 1. The maximum Gasteiger partial charge on any atom is 0.328 e. The number of carbonyl (C=O) groups excluding carboxylic acids is 1. The third kappa shape index (κ3) is 4.89. The Hall–Kier alpha value is -2.63. The summed E-state index contributed by atoms with van der Waals surface area (Å²) in [5.74, 6) is -5.27. The molecule has 2 aromatic heterocycles. The van der Waals surface area contributed by atoms with E-state index >= 15 is 0 Å². The molecule has 1 aliphatic rings. The average Bonchev–Trinajstić information content (AvgIpc) is 3.19. The fourth-order valence-electron chi connectivity index (χ4n) is 4.12. The molecule has 11 heteroatoms. The molecule has 1 N–H and O–H groups in total. The van der Waals surface area contributed by atoms with Crippen molar-refractivity contribution < 1.29 is 31.3 Å². The van der Waals surface area contributed by atoms with E-state index in [0.29, 0.717) is 11.8 Å². The van der Waals surface area contributed by atoms with Gasteiger partial charge in [-0.3, -0.25) is 0 Å². The van der Waals surface area contributed by atoms with Gasteiger partial charge in [0.05, 0.1) is 4.88 Å². The van der Waals surface area contributed by atoms with Crippen molar-refractivity contribution in [3.05, 3.63) is 59.9 Å². The van der Waals surface area contributed by atoms with Crippen LogP contribution in [0.25, 0.3) is 10.6 Å². The Morgan fingerprint density at radius 1 is 1.14 bits per heavy atom. The number of alkyl halides is 2. The summed E-state index contributed by atoms with van der Waals surface area (Å²) >= 11 is 0.839. The third-order valence-corrected chi connectivity index (χ3v) is 8.92. The van der Waals surface area contributed by atoms with E-state index in [1.54, 1.807) is 27.7 Å². The first kappa shape index (κ1) is 25.5. The monoisotopic (exact) mass is 524 g/mol. The highest BCUT2D eigenvalue weighted by Crippen LogP contribution is 2.59. The molecule has 188 valence electrons. The molecule has 0 amide bonds. The zero-order valence-electron chi connectivity index (χ0n) is 19.8. The van der Waals surface area contributed by atoms with Gasteiger partial charge in [0, 0.05) is 18.9 Å². The van der Waals surface area contributed by atoms with Gasteiger partial charge in [-0.25, -0.2) is 13.2 Å². The number of hydrogen-bond donors (Lipinski definition) is 1. The Balaban J connectivity index is 1.66. The Bertz CT molecular complexity index is 1340. The first-order valence-electron chi connectivity index (χ1n) is 10.9. The summed E-state index contributed by atoms with van der Waals surface area (Å²) < 4.78 is 66.7. The van der Waals surface area contributed by atoms with E-state index in [-0.39, 0.29) is 15.8 Å². The van der Waals surface area contributed by atoms with Gasteiger partial charge in [-0.2, -0.15) is 13.5 Å². The fourth-order valence-corrected chi connectivity index (χ4v) is 6.83. The van der Waals surface area contributed by atoms with Gasteiger partial charge in [0.25, 0.3) is 10.0 Å². The smallest absolute Gasteiger partial charge is 0.328 e. The van der Waals surface area contributed by atoms with Crippen LogP contribution in [0.2, 0.25) is 0 Å². The summed E-state index contributed by atoms with van der Waals surface area (Å²) in [7, 11) is -4.18. The highest BCUT2D eigenvalue weighted by atomic mass is 32.2. The first-order chi connectivity index (χ1) is 16.1. The zero-order chi connectivity index (χ0) is 25.8. The number of halogens is 2. The summed E-state index contributed by atoms with van der Waals surface area (Å²) in [6.07, 6.45) is 0. The van der Waals surface area contributed by atoms with E-state index in [0.717, 1.165) is 23.0 Å². The first-order valence-corrected chi connectivity index (χ1v) is 13.2. The van der Waals surface area contributed by atoms with E-state index in [2.05, 4.69) is 9.88 Å². The maximum absolute atomic E-state index is 13.5. The van der Waals surface area contributed by atoms with Crippen LogP contribution in [0.3, 0.4) is 0 Å². The molecule has 0 bridgehead atoms. The van der Waals surface area contributed by atoms with Crippen molar-refractivity contribution in [3.8, 4) is 10.6 Å². The molecule has 0 saturated heterocycles. The van der Waals surface area contributed by atoms with E-state index in [1.807, 2.05) is 30.3 Å². The minimum absolute atomic E-state index is 0.0887. The molecular formula is C24H26F2N2O5S2. The van der Waals surface area contributed by atoms with Gasteiger partial charge in [0.15, 0.2) is 0 Å². The Morgan fingerprint density at radius 2 is 1.80 bits per heavy atom. The van der Waals surface area contributed by atoms with Gasteiger partial charge in [0.1, 0.15) is 21.0 Å². The number of ether oxygens (including phenoxy) is 1. The highest BCUT2D eigenvalue weighted by Gasteiger charge is 2.71. The molecule has 0 spiro atoms. The number of esters is 1. The molecule has 1 aliphatic carbocycles. The molecular weight excluding hydrogens is 498 g/mol. The normalized spacial score (nSPS) is 22.7. The van der Waals surface area contributed by atoms with E-state index in [4.69, 9.17) is 9.26 Å². The predicted octanol–water partition coefficient (Wildman–Crippen LogP) is 5.31. The van der Waals surface area contributed by atoms with Gasteiger partial charge in [-0.1, -0.05) is 42.4 Å². The van der Waals surface area contributed by atoms with Crippen LogP contribution in [-0.2, 0) is 25.5 Å². The molecule has 0 aliphatic heterocycles. The van der Waals surface area contributed by atoms with Crippen LogP contribution >= 0.6 is 11.3 Å². The Labute approximate surface area is 206 Å². The second kappa shape index (κ2) is 8.49. The molecule has 3 atom stereocenters. The molecule has 1 aromatic carbocycles. The standard InChI is InChI=1S/C24H26F2N2O5S2/c1-14-20(15-9-7-6-8-10-15)24(14,21(29)32-22(2,3)4)28-35(30,31)19-12-11-17(34-19)16-13-18(33-27-16)23(5,25)26/h6-14,20,28H,1-5H3/t14?,20-,24+/m1/s1. The van der Waals surface area contributed by atoms with Gasteiger partial charge < -0.3 is 9.26 Å². The minimum atomic E-state index is -4.18. The number of benzene rings is 1. The molecule has 0 radical (unpaired) electrons. The summed E-state index contributed by atoms with van der Waals surface area (Å²) in [6, 6.07) is 13.1. The van der Waals surface area contributed by atoms with Crippen molar-refractivity contribution in [1.29, 1.82) is 0 Å². The quantitative estimate of drug-likeness (QED) is 0.421. The van der Waals surface area contributed by atoms with Crippen LogP contribution in [0.15, 0.2) is 57.3 Å². The lowest BCUT2D eigenvalue weighted by molar-refractivity contribution is -0.158. The molecule has 1 unspecified atom stereocenters. The van der Waals surface area contributed by atoms with Crippen molar-refractivity contribution >= 4 is 27.3 Å². The Kier molecular flexibility index (Phi) is 6.18. The lowest BCUT2D eigenvalue weighted by Crippen LogP contribution is -2.48. The van der Waals surface area contributed by atoms with E-state index < -0.39 is 44.7 Å². The average molecular weight is 525 g/mol. The van der Waals surface area contributed by atoms with Gasteiger partial charge in [-0.05, 0) is 44.4 Å². The minimum Gasteiger partial charge on any atom is -0.459 e. The van der Waals surface area contributed by atoms with E-state index in [1.165, 1.54) is 12.1 Å². The fraction of sp³-hybridized carbons (Fsp3) is 0.417. The number of nitrogens with one attached hydrogen (secondary N) is 1. The summed E-state index contributed by atoms with van der Waals surface area (Å²) in [6.45, 7) is 7.63. The summed E-state index contributed by atoms with van der Waals surface area (Å²) in [4.78, 5) is 13.7. The zero-order valence-corrected chi connectivity index (χ0v) is 21.5. The maximum atomic E-state index is 13.5. The van der Waals surface area contributed by atoms with Gasteiger partial charge in [0.2, 0.25) is 5.76 Å². The second-order valence-electron chi connectivity index (χ2n) is 9.74. The van der Waals surface area contributed by atoms with Gasteiger partial charge in [-0.15, -0.1) is 11.3 Å². The molecule has 1 fully saturated rings. The largest absolute Gasteiger partial charge is 0.459 e. The molecule has 4 rings (SSSR count). The van der Waals surface area contributed by atoms with Crippen molar-refractivity contribution in [3.63, 3.8) is 0 Å². The lowest BCUT2D eigenvalue weighted by Gasteiger charge is -2.25. The van der Waals surface area contributed by atoms with Crippen molar-refractivity contribution in [1.82, 2.24) is 9.88 Å². The lowest BCUT2D eigenvalue weighted by atomic mass is 10.1. The topological polar surface area (TPSA) is 98.5 Å². The van der Waals surface area contributed by atoms with Crippen LogP contribution in [0.4, 0.5) is 8.78 Å². The van der Waals surface area contributed by atoms with Crippen molar-refractivity contribution in [2.45, 2.75) is 61.8 Å². The van der Waals surface area contributed by atoms with Crippen molar-refractivity contribution in [2.24, 2.45) is 5.92 Å². The number of sulfonamides is 1. The molecule has 35 heavy (non-hydrogen) atoms. The second-order valence-corrected chi connectivity index (χ2v) is 12.7. The van der Waals surface area contributed by atoms with Crippen molar-refractivity contribution in [2.75, 3.05) is 0 Å². The SMILES string of the molecule is CC1[C@H](c2ccccc2)[C@]1(NS(=O)(=O)c1ccc(-c2cc(C(C)(F)F)on2)s1)C(=O)OC(C)(C)C. The number of rotatable bonds is 7. The number of hydrogen-bond acceptors (Lipinski definition) is 7. The number of nitrogens with zero attached hydrogens (tertiary/aromatic N) is 1. The molecule has 1 saturated carbocycles. The summed E-state index contributed by atoms with van der Waals surface area (Å²) in [5, 5.41) is 3.63. The van der Waals surface area contributed by atoms with Crippen LogP contribution in [-0.4, -0.2) is 30.7 Å². The van der Waals surface area contributed by atoms with Crippen LogP contribution in [0.1, 0.15) is 51.9 Å². The van der Waals surface area contributed by atoms with E-state index in [9.17, 15) is 22.0 Å². The van der Waals surface area contributed by atoms with Crippen LogP contribution in [0.5, 0.6) is 0 Å². The van der Waals surface area contributed by atoms with Crippen LogP contribution < -0.4 is 4.72 Å².